The lowest BCUT2D eigenvalue weighted by Crippen LogP contribution is -2.14. The lowest BCUT2D eigenvalue weighted by Gasteiger charge is -2.18. The van der Waals surface area contributed by atoms with Gasteiger partial charge in [-0.15, -0.1) is 0 Å². The van der Waals surface area contributed by atoms with Crippen molar-refractivity contribution in [1.29, 1.82) is 0 Å². The third-order valence-corrected chi connectivity index (χ3v) is 3.53. The molecule has 2 aromatic rings. The number of aryl methyl sites for hydroxylation is 1. The van der Waals surface area contributed by atoms with Gasteiger partial charge in [-0.1, -0.05) is 40.2 Å². The summed E-state index contributed by atoms with van der Waals surface area (Å²) in [6.45, 7) is 2.06. The molecule has 0 aliphatic carbocycles. The zero-order valence-corrected chi connectivity index (χ0v) is 12.1. The summed E-state index contributed by atoms with van der Waals surface area (Å²) in [5.74, 6) is 0.826. The lowest BCUT2D eigenvalue weighted by atomic mass is 9.95. The summed E-state index contributed by atoms with van der Waals surface area (Å²) in [4.78, 5) is 0. The summed E-state index contributed by atoms with van der Waals surface area (Å²) in [6, 6.07) is 13.8. The van der Waals surface area contributed by atoms with Gasteiger partial charge >= 0.3 is 0 Å². The van der Waals surface area contributed by atoms with Crippen LogP contribution < -0.4 is 10.5 Å². The van der Waals surface area contributed by atoms with Crippen molar-refractivity contribution < 1.29 is 4.74 Å². The van der Waals surface area contributed by atoms with Gasteiger partial charge in [-0.2, -0.15) is 0 Å². The first-order valence-corrected chi connectivity index (χ1v) is 6.57. The van der Waals surface area contributed by atoms with Crippen LogP contribution in [0.5, 0.6) is 5.75 Å². The Labute approximate surface area is 116 Å². The predicted octanol–water partition coefficient (Wildman–Crippen LogP) is 3.81. The highest BCUT2D eigenvalue weighted by molar-refractivity contribution is 9.10. The number of benzene rings is 2. The van der Waals surface area contributed by atoms with E-state index >= 15 is 0 Å². The molecule has 0 aromatic heterocycles. The maximum atomic E-state index is 6.35. The van der Waals surface area contributed by atoms with E-state index in [4.69, 9.17) is 10.5 Å². The minimum atomic E-state index is -0.172. The highest BCUT2D eigenvalue weighted by Gasteiger charge is 2.15. The highest BCUT2D eigenvalue weighted by atomic mass is 79.9. The van der Waals surface area contributed by atoms with E-state index < -0.39 is 0 Å². The Morgan fingerprint density at radius 2 is 1.83 bits per heavy atom. The number of halogens is 1. The Morgan fingerprint density at radius 1 is 1.11 bits per heavy atom. The minimum Gasteiger partial charge on any atom is -0.496 e. The molecule has 18 heavy (non-hydrogen) atoms. The fourth-order valence-corrected chi connectivity index (χ4v) is 2.55. The molecule has 0 bridgehead atoms. The zero-order valence-electron chi connectivity index (χ0n) is 10.5. The van der Waals surface area contributed by atoms with Gasteiger partial charge in [0.25, 0.3) is 0 Å². The van der Waals surface area contributed by atoms with Crippen molar-refractivity contribution in [2.45, 2.75) is 13.0 Å². The van der Waals surface area contributed by atoms with E-state index in [0.717, 1.165) is 21.3 Å². The van der Waals surface area contributed by atoms with E-state index in [1.165, 1.54) is 5.56 Å². The zero-order chi connectivity index (χ0) is 13.1. The van der Waals surface area contributed by atoms with Crippen molar-refractivity contribution in [3.8, 4) is 5.75 Å². The molecular formula is C15H16BrNO. The Kier molecular flexibility index (Phi) is 4.04. The predicted molar refractivity (Wildman–Crippen MR) is 77.9 cm³/mol. The molecule has 2 rings (SSSR count). The molecule has 2 N–H and O–H groups in total. The molecule has 0 spiro atoms. The molecule has 0 radical (unpaired) electrons. The smallest absolute Gasteiger partial charge is 0.123 e. The summed E-state index contributed by atoms with van der Waals surface area (Å²) >= 11 is 3.46. The SMILES string of the molecule is COc1ccccc1C(N)c1ccc(Br)cc1C. The van der Waals surface area contributed by atoms with Gasteiger partial charge in [0.05, 0.1) is 13.2 Å². The molecule has 2 aromatic carbocycles. The van der Waals surface area contributed by atoms with Crippen LogP contribution >= 0.6 is 15.9 Å². The van der Waals surface area contributed by atoms with Crippen molar-refractivity contribution in [2.75, 3.05) is 7.11 Å². The van der Waals surface area contributed by atoms with E-state index in [2.05, 4.69) is 35.0 Å². The van der Waals surface area contributed by atoms with Crippen molar-refractivity contribution in [1.82, 2.24) is 0 Å². The Balaban J connectivity index is 2.44. The first-order valence-electron chi connectivity index (χ1n) is 5.78. The third-order valence-electron chi connectivity index (χ3n) is 3.04. The molecule has 0 saturated carbocycles. The van der Waals surface area contributed by atoms with Crippen LogP contribution in [0.2, 0.25) is 0 Å². The second-order valence-corrected chi connectivity index (χ2v) is 5.14. The van der Waals surface area contributed by atoms with Gasteiger partial charge in [0, 0.05) is 10.0 Å². The maximum absolute atomic E-state index is 6.35. The molecule has 1 unspecified atom stereocenters. The third kappa shape index (κ3) is 2.57. The number of rotatable bonds is 3. The first-order chi connectivity index (χ1) is 8.63. The number of hydrogen-bond acceptors (Lipinski definition) is 2. The number of nitrogens with two attached hydrogens (primary N) is 1. The van der Waals surface area contributed by atoms with Crippen LogP contribution in [0.3, 0.4) is 0 Å². The van der Waals surface area contributed by atoms with Crippen LogP contribution in [-0.4, -0.2) is 7.11 Å². The Hall–Kier alpha value is -1.32. The average molecular weight is 306 g/mol. The monoisotopic (exact) mass is 305 g/mol. The van der Waals surface area contributed by atoms with Crippen LogP contribution in [0.15, 0.2) is 46.9 Å². The molecule has 0 aliphatic heterocycles. The van der Waals surface area contributed by atoms with Crippen LogP contribution in [0.4, 0.5) is 0 Å². The Morgan fingerprint density at radius 3 is 2.50 bits per heavy atom. The molecule has 0 saturated heterocycles. The molecule has 94 valence electrons. The molecule has 2 nitrogen and oxygen atoms in total. The standard InChI is InChI=1S/C15H16BrNO/c1-10-9-11(16)7-8-12(10)15(17)13-5-3-4-6-14(13)18-2/h3-9,15H,17H2,1-2H3. The fourth-order valence-electron chi connectivity index (χ4n) is 2.08. The highest BCUT2D eigenvalue weighted by Crippen LogP contribution is 2.30. The maximum Gasteiger partial charge on any atom is 0.123 e. The van der Waals surface area contributed by atoms with Crippen LogP contribution in [0.25, 0.3) is 0 Å². The first kappa shape index (κ1) is 13.1. The van der Waals surface area contributed by atoms with Gasteiger partial charge < -0.3 is 10.5 Å². The summed E-state index contributed by atoms with van der Waals surface area (Å²) in [5, 5.41) is 0. The molecule has 0 amide bonds. The van der Waals surface area contributed by atoms with Crippen LogP contribution in [0.1, 0.15) is 22.7 Å². The number of para-hydroxylation sites is 1. The van der Waals surface area contributed by atoms with E-state index in [0.29, 0.717) is 0 Å². The van der Waals surface area contributed by atoms with E-state index in [-0.39, 0.29) is 6.04 Å². The number of ether oxygens (including phenoxy) is 1. The van der Waals surface area contributed by atoms with Gasteiger partial charge in [-0.3, -0.25) is 0 Å². The van der Waals surface area contributed by atoms with Crippen LogP contribution in [0, 0.1) is 6.92 Å². The minimum absolute atomic E-state index is 0.172. The summed E-state index contributed by atoms with van der Waals surface area (Å²) in [5.41, 5.74) is 9.64. The van der Waals surface area contributed by atoms with Crippen molar-refractivity contribution >= 4 is 15.9 Å². The van der Waals surface area contributed by atoms with Gasteiger partial charge in [0.2, 0.25) is 0 Å². The normalized spacial score (nSPS) is 12.2. The van der Waals surface area contributed by atoms with Crippen molar-refractivity contribution in [3.05, 3.63) is 63.6 Å². The topological polar surface area (TPSA) is 35.2 Å². The van der Waals surface area contributed by atoms with Gasteiger partial charge in [0.15, 0.2) is 0 Å². The number of methoxy groups -OCH3 is 1. The summed E-state index contributed by atoms with van der Waals surface area (Å²) < 4.78 is 6.43. The summed E-state index contributed by atoms with van der Waals surface area (Å²) in [6.07, 6.45) is 0. The second kappa shape index (κ2) is 5.55. The van der Waals surface area contributed by atoms with E-state index in [1.807, 2.05) is 30.3 Å². The van der Waals surface area contributed by atoms with Gasteiger partial charge in [0.1, 0.15) is 5.75 Å². The molecule has 0 aliphatic rings. The van der Waals surface area contributed by atoms with Gasteiger partial charge in [-0.05, 0) is 36.2 Å². The van der Waals surface area contributed by atoms with Crippen molar-refractivity contribution in [3.63, 3.8) is 0 Å². The molecular weight excluding hydrogens is 290 g/mol. The molecule has 0 fully saturated rings. The summed E-state index contributed by atoms with van der Waals surface area (Å²) in [7, 11) is 1.67. The molecule has 1 atom stereocenters. The van der Waals surface area contributed by atoms with Crippen LogP contribution in [-0.2, 0) is 0 Å². The molecule has 0 heterocycles. The Bertz CT molecular complexity index is 554. The quantitative estimate of drug-likeness (QED) is 0.936. The molecule has 3 heteroatoms. The second-order valence-electron chi connectivity index (χ2n) is 4.22. The average Bonchev–Trinajstić information content (AvgIpc) is 2.38. The lowest BCUT2D eigenvalue weighted by molar-refractivity contribution is 0.408. The number of hydrogen-bond donors (Lipinski definition) is 1. The van der Waals surface area contributed by atoms with Gasteiger partial charge in [-0.25, -0.2) is 0 Å². The fraction of sp³-hybridized carbons (Fsp3) is 0.200. The largest absolute Gasteiger partial charge is 0.496 e. The van der Waals surface area contributed by atoms with E-state index in [9.17, 15) is 0 Å². The van der Waals surface area contributed by atoms with E-state index in [1.54, 1.807) is 7.11 Å². The van der Waals surface area contributed by atoms with Crippen molar-refractivity contribution in [2.24, 2.45) is 5.73 Å².